The largest absolute Gasteiger partial charge is 0.496 e. The molecule has 19 heavy (non-hydrogen) atoms. The number of ketones is 1. The van der Waals surface area contributed by atoms with Crippen molar-refractivity contribution < 1.29 is 13.9 Å². The summed E-state index contributed by atoms with van der Waals surface area (Å²) >= 11 is 0. The topological polar surface area (TPSA) is 39.4 Å². The van der Waals surface area contributed by atoms with Crippen molar-refractivity contribution in [3.05, 3.63) is 41.7 Å². The first-order valence-corrected chi connectivity index (χ1v) is 6.13. The van der Waals surface area contributed by atoms with Crippen LogP contribution in [0.4, 0.5) is 0 Å². The second kappa shape index (κ2) is 4.12. The molecule has 3 rings (SSSR count). The molecule has 0 N–H and O–H groups in total. The van der Waals surface area contributed by atoms with Crippen LogP contribution in [0.3, 0.4) is 0 Å². The lowest BCUT2D eigenvalue weighted by Gasteiger charge is -2.06. The Morgan fingerprint density at radius 1 is 1.16 bits per heavy atom. The van der Waals surface area contributed by atoms with E-state index in [9.17, 15) is 4.79 Å². The average Bonchev–Trinajstić information content (AvgIpc) is 2.74. The summed E-state index contributed by atoms with van der Waals surface area (Å²) in [6.45, 7) is 3.37. The van der Waals surface area contributed by atoms with Gasteiger partial charge in [-0.25, -0.2) is 0 Å². The summed E-state index contributed by atoms with van der Waals surface area (Å²) in [5, 5.41) is 2.77. The van der Waals surface area contributed by atoms with Crippen molar-refractivity contribution in [1.29, 1.82) is 0 Å². The van der Waals surface area contributed by atoms with Crippen molar-refractivity contribution >= 4 is 27.5 Å². The van der Waals surface area contributed by atoms with Gasteiger partial charge in [-0.05, 0) is 19.9 Å². The van der Waals surface area contributed by atoms with Gasteiger partial charge in [0.05, 0.1) is 12.7 Å². The van der Waals surface area contributed by atoms with Crippen molar-refractivity contribution in [1.82, 2.24) is 0 Å². The SMILES string of the molecule is COc1cc2c(C(C)=O)c(C)oc2c2ccccc12. The molecular weight excluding hydrogens is 240 g/mol. The van der Waals surface area contributed by atoms with E-state index < -0.39 is 0 Å². The second-order valence-electron chi connectivity index (χ2n) is 4.59. The third-order valence-electron chi connectivity index (χ3n) is 3.41. The summed E-state index contributed by atoms with van der Waals surface area (Å²) in [7, 11) is 1.63. The van der Waals surface area contributed by atoms with Gasteiger partial charge in [0.25, 0.3) is 0 Å². The highest BCUT2D eigenvalue weighted by atomic mass is 16.5. The number of aryl methyl sites for hydroxylation is 1. The van der Waals surface area contributed by atoms with E-state index >= 15 is 0 Å². The summed E-state index contributed by atoms with van der Waals surface area (Å²) in [5.74, 6) is 1.42. The summed E-state index contributed by atoms with van der Waals surface area (Å²) < 4.78 is 11.2. The summed E-state index contributed by atoms with van der Waals surface area (Å²) in [6, 6.07) is 9.75. The first-order valence-electron chi connectivity index (χ1n) is 6.13. The summed E-state index contributed by atoms with van der Waals surface area (Å²) in [5.41, 5.74) is 1.39. The molecule has 1 aromatic heterocycles. The van der Waals surface area contributed by atoms with E-state index in [-0.39, 0.29) is 5.78 Å². The van der Waals surface area contributed by atoms with E-state index in [1.54, 1.807) is 14.0 Å². The van der Waals surface area contributed by atoms with Gasteiger partial charge >= 0.3 is 0 Å². The summed E-state index contributed by atoms with van der Waals surface area (Å²) in [4.78, 5) is 11.8. The lowest BCUT2D eigenvalue weighted by Crippen LogP contribution is -1.93. The van der Waals surface area contributed by atoms with Gasteiger partial charge in [-0.15, -0.1) is 0 Å². The fourth-order valence-electron chi connectivity index (χ4n) is 2.61. The standard InChI is InChI=1S/C16H14O3/c1-9(17)15-10(2)19-16-12-7-5-4-6-11(12)14(18-3)8-13(15)16/h4-8H,1-3H3. The maximum Gasteiger partial charge on any atom is 0.163 e. The molecule has 2 aromatic carbocycles. The molecule has 0 spiro atoms. The van der Waals surface area contributed by atoms with E-state index in [2.05, 4.69) is 0 Å². The molecule has 3 heteroatoms. The second-order valence-corrected chi connectivity index (χ2v) is 4.59. The lowest BCUT2D eigenvalue weighted by atomic mass is 10.0. The zero-order valence-corrected chi connectivity index (χ0v) is 11.1. The number of fused-ring (bicyclic) bond motifs is 3. The Morgan fingerprint density at radius 3 is 2.47 bits per heavy atom. The molecule has 0 fully saturated rings. The average molecular weight is 254 g/mol. The minimum atomic E-state index is 0.00795. The molecule has 1 heterocycles. The predicted molar refractivity (Wildman–Crippen MR) is 75.0 cm³/mol. The number of furan rings is 1. The highest BCUT2D eigenvalue weighted by Crippen LogP contribution is 2.37. The molecule has 0 amide bonds. The van der Waals surface area contributed by atoms with Crippen LogP contribution in [0.5, 0.6) is 5.75 Å². The van der Waals surface area contributed by atoms with Gasteiger partial charge in [0.2, 0.25) is 0 Å². The molecule has 0 saturated carbocycles. The Kier molecular flexibility index (Phi) is 2.56. The minimum Gasteiger partial charge on any atom is -0.496 e. The van der Waals surface area contributed by atoms with E-state index in [4.69, 9.17) is 9.15 Å². The van der Waals surface area contributed by atoms with E-state index in [1.807, 2.05) is 37.3 Å². The fraction of sp³-hybridized carbons (Fsp3) is 0.188. The molecule has 0 aliphatic heterocycles. The minimum absolute atomic E-state index is 0.00795. The van der Waals surface area contributed by atoms with Crippen LogP contribution in [-0.2, 0) is 0 Å². The van der Waals surface area contributed by atoms with Gasteiger partial charge in [0.15, 0.2) is 5.78 Å². The Morgan fingerprint density at radius 2 is 1.84 bits per heavy atom. The maximum atomic E-state index is 11.8. The molecule has 0 saturated heterocycles. The number of hydrogen-bond donors (Lipinski definition) is 0. The molecule has 0 bridgehead atoms. The van der Waals surface area contributed by atoms with Gasteiger partial charge in [-0.3, -0.25) is 4.79 Å². The fourth-order valence-corrected chi connectivity index (χ4v) is 2.61. The zero-order valence-electron chi connectivity index (χ0n) is 11.1. The van der Waals surface area contributed by atoms with Gasteiger partial charge < -0.3 is 9.15 Å². The van der Waals surface area contributed by atoms with Crippen molar-refractivity contribution in [3.63, 3.8) is 0 Å². The van der Waals surface area contributed by atoms with Crippen LogP contribution in [0.15, 0.2) is 34.7 Å². The third-order valence-corrected chi connectivity index (χ3v) is 3.41. The number of Topliss-reactive ketones (excluding diaryl/α,β-unsaturated/α-hetero) is 1. The van der Waals surface area contributed by atoms with Crippen LogP contribution in [0.25, 0.3) is 21.7 Å². The van der Waals surface area contributed by atoms with Gasteiger partial charge in [0, 0.05) is 16.2 Å². The monoisotopic (exact) mass is 254 g/mol. The normalized spacial score (nSPS) is 11.1. The number of carbonyl (C=O) groups is 1. The van der Waals surface area contributed by atoms with Crippen LogP contribution >= 0.6 is 0 Å². The van der Waals surface area contributed by atoms with Crippen molar-refractivity contribution in [2.45, 2.75) is 13.8 Å². The number of methoxy groups -OCH3 is 1. The Labute approximate surface area is 110 Å². The van der Waals surface area contributed by atoms with Gasteiger partial charge in [-0.2, -0.15) is 0 Å². The Hall–Kier alpha value is -2.29. The van der Waals surface area contributed by atoms with Crippen LogP contribution in [0, 0.1) is 6.92 Å². The Bertz CT molecular complexity index is 796. The molecule has 0 radical (unpaired) electrons. The lowest BCUT2D eigenvalue weighted by molar-refractivity contribution is 0.101. The van der Waals surface area contributed by atoms with Gasteiger partial charge in [-0.1, -0.05) is 24.3 Å². The molecule has 0 unspecified atom stereocenters. The Balaban J connectivity index is 2.56. The van der Waals surface area contributed by atoms with E-state index in [0.717, 1.165) is 27.5 Å². The molecule has 3 aromatic rings. The first kappa shape index (κ1) is 11.8. The number of hydrogen-bond acceptors (Lipinski definition) is 3. The van der Waals surface area contributed by atoms with Crippen LogP contribution in [0.1, 0.15) is 23.0 Å². The molecular formula is C16H14O3. The highest BCUT2D eigenvalue weighted by molar-refractivity contribution is 6.15. The molecule has 0 atom stereocenters. The predicted octanol–water partition coefficient (Wildman–Crippen LogP) is 4.11. The summed E-state index contributed by atoms with van der Waals surface area (Å²) in [6.07, 6.45) is 0. The number of rotatable bonds is 2. The van der Waals surface area contributed by atoms with E-state index in [0.29, 0.717) is 11.3 Å². The van der Waals surface area contributed by atoms with Crippen molar-refractivity contribution in [3.8, 4) is 5.75 Å². The smallest absolute Gasteiger partial charge is 0.163 e. The first-order chi connectivity index (χ1) is 9.13. The van der Waals surface area contributed by atoms with Crippen molar-refractivity contribution in [2.24, 2.45) is 0 Å². The number of carbonyl (C=O) groups excluding carboxylic acids is 1. The third kappa shape index (κ3) is 1.62. The van der Waals surface area contributed by atoms with Crippen molar-refractivity contribution in [2.75, 3.05) is 7.11 Å². The zero-order chi connectivity index (χ0) is 13.6. The number of ether oxygens (including phenoxy) is 1. The molecule has 0 aliphatic carbocycles. The van der Waals surface area contributed by atoms with E-state index in [1.165, 1.54) is 0 Å². The maximum absolute atomic E-state index is 11.8. The van der Waals surface area contributed by atoms with Crippen LogP contribution < -0.4 is 4.74 Å². The molecule has 0 aliphatic rings. The highest BCUT2D eigenvalue weighted by Gasteiger charge is 2.18. The van der Waals surface area contributed by atoms with Gasteiger partial charge in [0.1, 0.15) is 17.1 Å². The number of benzene rings is 2. The van der Waals surface area contributed by atoms with Crippen LogP contribution in [-0.4, -0.2) is 12.9 Å². The van der Waals surface area contributed by atoms with Crippen LogP contribution in [0.2, 0.25) is 0 Å². The molecule has 3 nitrogen and oxygen atoms in total. The molecule has 96 valence electrons. The quantitative estimate of drug-likeness (QED) is 0.646.